The molecular formula is C51H40N4. The van der Waals surface area contributed by atoms with Gasteiger partial charge in [0.15, 0.2) is 17.5 Å². The normalized spacial score (nSPS) is 14.1. The molecule has 7 aromatic carbocycles. The fourth-order valence-electron chi connectivity index (χ4n) is 8.55. The van der Waals surface area contributed by atoms with E-state index in [-0.39, 0.29) is 10.8 Å². The van der Waals surface area contributed by atoms with Crippen molar-refractivity contribution in [2.75, 3.05) is 0 Å². The number of benzene rings is 7. The van der Waals surface area contributed by atoms with Crippen LogP contribution in [-0.4, -0.2) is 19.5 Å². The summed E-state index contributed by atoms with van der Waals surface area (Å²) in [5.41, 5.74) is 13.9. The molecule has 0 unspecified atom stereocenters. The van der Waals surface area contributed by atoms with Crippen molar-refractivity contribution in [1.29, 1.82) is 0 Å². The summed E-state index contributed by atoms with van der Waals surface area (Å²) in [4.78, 5) is 15.1. The second-order valence-electron chi connectivity index (χ2n) is 15.7. The van der Waals surface area contributed by atoms with Crippen molar-refractivity contribution in [3.05, 3.63) is 181 Å². The molecule has 9 aromatic rings. The molecule has 1 aliphatic rings. The van der Waals surface area contributed by atoms with Crippen LogP contribution < -0.4 is 0 Å². The summed E-state index contributed by atoms with van der Waals surface area (Å²) >= 11 is 0. The van der Waals surface area contributed by atoms with Gasteiger partial charge in [-0.2, -0.15) is 0 Å². The van der Waals surface area contributed by atoms with Crippen LogP contribution in [0.2, 0.25) is 0 Å². The van der Waals surface area contributed by atoms with Crippen molar-refractivity contribution in [2.45, 2.75) is 38.5 Å². The van der Waals surface area contributed by atoms with Crippen LogP contribution in [-0.2, 0) is 10.8 Å². The van der Waals surface area contributed by atoms with Crippen molar-refractivity contribution < 1.29 is 0 Å². The number of hydrogen-bond donors (Lipinski definition) is 0. The third-order valence-corrected chi connectivity index (χ3v) is 12.2. The molecule has 0 saturated heterocycles. The highest BCUT2D eigenvalue weighted by Gasteiger charge is 2.46. The minimum Gasteiger partial charge on any atom is -0.309 e. The minimum atomic E-state index is -0.0938. The van der Waals surface area contributed by atoms with E-state index in [0.29, 0.717) is 17.5 Å². The maximum absolute atomic E-state index is 5.09. The van der Waals surface area contributed by atoms with Gasteiger partial charge in [-0.25, -0.2) is 15.0 Å². The molecule has 4 heteroatoms. The first kappa shape index (κ1) is 33.0. The van der Waals surface area contributed by atoms with Crippen molar-refractivity contribution >= 4 is 21.8 Å². The molecule has 0 atom stereocenters. The lowest BCUT2D eigenvalue weighted by Gasteiger charge is -2.48. The van der Waals surface area contributed by atoms with Crippen molar-refractivity contribution in [3.63, 3.8) is 0 Å². The van der Waals surface area contributed by atoms with E-state index in [1.165, 1.54) is 44.1 Å². The van der Waals surface area contributed by atoms with Crippen LogP contribution in [0, 0.1) is 0 Å². The number of aromatic nitrogens is 4. The van der Waals surface area contributed by atoms with E-state index in [4.69, 9.17) is 15.0 Å². The van der Waals surface area contributed by atoms with E-state index in [1.54, 1.807) is 0 Å². The molecule has 2 aromatic heterocycles. The first-order valence-electron chi connectivity index (χ1n) is 19.0. The molecule has 10 rings (SSSR count). The average Bonchev–Trinajstić information content (AvgIpc) is 3.56. The monoisotopic (exact) mass is 708 g/mol. The van der Waals surface area contributed by atoms with E-state index in [2.05, 4.69) is 166 Å². The average molecular weight is 709 g/mol. The SMILES string of the molecule is CC1(C)c2ccccc2-c2cc3c4ccccc4n(-c4ccc(-c5nc(-c6ccccc6)nc(-c6cccc(-c7ccccc7)c6)n5)cc4)c3cc2C1(C)C. The van der Waals surface area contributed by atoms with Gasteiger partial charge in [0.2, 0.25) is 0 Å². The van der Waals surface area contributed by atoms with Gasteiger partial charge in [-0.15, -0.1) is 0 Å². The van der Waals surface area contributed by atoms with Gasteiger partial charge in [-0.05, 0) is 92.7 Å². The van der Waals surface area contributed by atoms with Gasteiger partial charge in [-0.3, -0.25) is 0 Å². The second kappa shape index (κ2) is 12.5. The standard InChI is InChI=1S/C51H40N4/c1-50(2)43-24-13-11-22-39(43)41-31-42-40-23-12-14-25-45(40)55(46(42)32-44(41)51(50,3)4)38-28-26-35(27-29-38)48-52-47(34-18-9-6-10-19-34)53-49(54-48)37-21-15-20-36(30-37)33-16-7-5-8-17-33/h5-32H,1-4H3. The van der Waals surface area contributed by atoms with Crippen LogP contribution in [0.5, 0.6) is 0 Å². The lowest BCUT2D eigenvalue weighted by Crippen LogP contribution is -2.43. The lowest BCUT2D eigenvalue weighted by molar-refractivity contribution is 0.299. The number of rotatable bonds is 5. The Kier molecular flexibility index (Phi) is 7.47. The van der Waals surface area contributed by atoms with Crippen LogP contribution in [0.3, 0.4) is 0 Å². The predicted molar refractivity (Wildman–Crippen MR) is 227 cm³/mol. The maximum Gasteiger partial charge on any atom is 0.164 e. The van der Waals surface area contributed by atoms with E-state index in [9.17, 15) is 0 Å². The number of fused-ring (bicyclic) bond motifs is 6. The van der Waals surface area contributed by atoms with Gasteiger partial charge in [0.1, 0.15) is 0 Å². The first-order valence-corrected chi connectivity index (χ1v) is 19.0. The molecule has 2 heterocycles. The highest BCUT2D eigenvalue weighted by molar-refractivity contribution is 6.11. The summed E-state index contributed by atoms with van der Waals surface area (Å²) in [5, 5.41) is 2.51. The molecule has 0 spiro atoms. The van der Waals surface area contributed by atoms with Crippen LogP contribution in [0.4, 0.5) is 0 Å². The van der Waals surface area contributed by atoms with E-state index in [0.717, 1.165) is 33.5 Å². The van der Waals surface area contributed by atoms with E-state index < -0.39 is 0 Å². The fourth-order valence-corrected chi connectivity index (χ4v) is 8.55. The number of nitrogens with zero attached hydrogens (tertiary/aromatic N) is 4. The Morgan fingerprint density at radius 1 is 0.364 bits per heavy atom. The van der Waals surface area contributed by atoms with Gasteiger partial charge in [0.25, 0.3) is 0 Å². The smallest absolute Gasteiger partial charge is 0.164 e. The van der Waals surface area contributed by atoms with Gasteiger partial charge in [0.05, 0.1) is 11.0 Å². The van der Waals surface area contributed by atoms with Gasteiger partial charge in [0, 0.05) is 33.2 Å². The Balaban J connectivity index is 1.12. The van der Waals surface area contributed by atoms with Crippen molar-refractivity contribution in [3.8, 4) is 62.1 Å². The Morgan fingerprint density at radius 3 is 1.64 bits per heavy atom. The predicted octanol–water partition coefficient (Wildman–Crippen LogP) is 12.9. The highest BCUT2D eigenvalue weighted by Crippen LogP contribution is 2.55. The molecule has 4 nitrogen and oxygen atoms in total. The molecule has 264 valence electrons. The molecule has 0 bridgehead atoms. The summed E-state index contributed by atoms with van der Waals surface area (Å²) in [7, 11) is 0. The van der Waals surface area contributed by atoms with Gasteiger partial charge < -0.3 is 4.57 Å². The molecule has 0 N–H and O–H groups in total. The summed E-state index contributed by atoms with van der Waals surface area (Å²) in [6.07, 6.45) is 0. The Morgan fingerprint density at radius 2 is 0.909 bits per heavy atom. The van der Waals surface area contributed by atoms with Crippen LogP contribution >= 0.6 is 0 Å². The van der Waals surface area contributed by atoms with E-state index >= 15 is 0 Å². The Labute approximate surface area is 321 Å². The quantitative estimate of drug-likeness (QED) is 0.179. The van der Waals surface area contributed by atoms with Crippen molar-refractivity contribution in [2.24, 2.45) is 0 Å². The summed E-state index contributed by atoms with van der Waals surface area (Å²) in [5.74, 6) is 1.93. The van der Waals surface area contributed by atoms with Crippen LogP contribution in [0.25, 0.3) is 83.9 Å². The zero-order valence-electron chi connectivity index (χ0n) is 31.5. The highest BCUT2D eigenvalue weighted by atomic mass is 15.0. The largest absolute Gasteiger partial charge is 0.309 e. The topological polar surface area (TPSA) is 43.6 Å². The fraction of sp³-hybridized carbons (Fsp3) is 0.118. The molecule has 0 aliphatic heterocycles. The molecule has 0 radical (unpaired) electrons. The molecule has 0 amide bonds. The molecule has 0 fully saturated rings. The second-order valence-corrected chi connectivity index (χ2v) is 15.7. The first-order chi connectivity index (χ1) is 26.8. The Hall–Kier alpha value is -6.65. The third-order valence-electron chi connectivity index (χ3n) is 12.2. The maximum atomic E-state index is 5.09. The summed E-state index contributed by atoms with van der Waals surface area (Å²) in [6, 6.07) is 60.3. The molecule has 55 heavy (non-hydrogen) atoms. The van der Waals surface area contributed by atoms with Crippen molar-refractivity contribution in [1.82, 2.24) is 19.5 Å². The zero-order valence-corrected chi connectivity index (χ0v) is 31.5. The Bertz CT molecular complexity index is 2900. The molecule has 0 saturated carbocycles. The summed E-state index contributed by atoms with van der Waals surface area (Å²) in [6.45, 7) is 9.59. The van der Waals surface area contributed by atoms with Crippen LogP contribution in [0.15, 0.2) is 170 Å². The number of hydrogen-bond acceptors (Lipinski definition) is 3. The molecule has 1 aliphatic carbocycles. The lowest BCUT2D eigenvalue weighted by atomic mass is 9.55. The zero-order chi connectivity index (χ0) is 37.3. The molecular weight excluding hydrogens is 669 g/mol. The number of para-hydroxylation sites is 1. The third kappa shape index (κ3) is 5.24. The van der Waals surface area contributed by atoms with Gasteiger partial charge >= 0.3 is 0 Å². The van der Waals surface area contributed by atoms with E-state index in [1.807, 2.05) is 36.4 Å². The van der Waals surface area contributed by atoms with Crippen LogP contribution in [0.1, 0.15) is 38.8 Å². The summed E-state index contributed by atoms with van der Waals surface area (Å²) < 4.78 is 2.42. The van der Waals surface area contributed by atoms with Gasteiger partial charge in [-0.1, -0.05) is 149 Å². The minimum absolute atomic E-state index is 0.0480.